The lowest BCUT2D eigenvalue weighted by Gasteiger charge is -2.13. The average Bonchev–Trinajstić information content (AvgIpc) is 3.22. The Morgan fingerprint density at radius 2 is 2.28 bits per heavy atom. The normalized spacial score (nSPS) is 17.7. The zero-order valence-electron chi connectivity index (χ0n) is 13.4. The third-order valence-electron chi connectivity index (χ3n) is 4.73. The van der Waals surface area contributed by atoms with Crippen molar-refractivity contribution >= 4 is 44.7 Å². The van der Waals surface area contributed by atoms with E-state index in [1.807, 2.05) is 41.5 Å². The Bertz CT molecular complexity index is 1140. The van der Waals surface area contributed by atoms with Crippen molar-refractivity contribution in [3.8, 4) is 0 Å². The van der Waals surface area contributed by atoms with E-state index in [1.165, 1.54) is 0 Å². The fraction of sp³-hybridized carbons (Fsp3) is 0.235. The van der Waals surface area contributed by atoms with Gasteiger partial charge in [-0.2, -0.15) is 5.10 Å². The predicted molar refractivity (Wildman–Crippen MR) is 97.1 cm³/mol. The topological polar surface area (TPSA) is 64.2 Å². The molecule has 0 bridgehead atoms. The fourth-order valence-corrected chi connectivity index (χ4v) is 4.66. The molecule has 1 N–H and O–H groups in total. The molecule has 0 saturated heterocycles. The molecule has 0 radical (unpaired) electrons. The summed E-state index contributed by atoms with van der Waals surface area (Å²) in [6, 6.07) is 5.77. The second kappa shape index (κ2) is 5.31. The lowest BCUT2D eigenvalue weighted by atomic mass is 9.94. The molecule has 4 aromatic rings. The van der Waals surface area contributed by atoms with E-state index >= 15 is 0 Å². The van der Waals surface area contributed by atoms with Crippen LogP contribution in [-0.4, -0.2) is 25.1 Å². The van der Waals surface area contributed by atoms with Crippen LogP contribution in [0, 0.1) is 0 Å². The van der Waals surface area contributed by atoms with E-state index in [9.17, 15) is 4.79 Å². The molecule has 1 aromatic carbocycles. The number of imidazole rings is 1. The van der Waals surface area contributed by atoms with E-state index in [0.29, 0.717) is 18.0 Å². The molecule has 0 saturated carbocycles. The van der Waals surface area contributed by atoms with Crippen LogP contribution in [0.2, 0.25) is 5.02 Å². The van der Waals surface area contributed by atoms with Crippen LogP contribution in [0.25, 0.3) is 15.9 Å². The SMILES string of the molecule is Cn1nc([C@H]2CC(=O)NCc3nc4sccn4c32)c2c(Cl)cccc21. The first-order valence-corrected chi connectivity index (χ1v) is 9.21. The molecule has 0 spiro atoms. The van der Waals surface area contributed by atoms with Crippen molar-refractivity contribution in [3.05, 3.63) is 51.9 Å². The Hall–Kier alpha value is -2.38. The van der Waals surface area contributed by atoms with Crippen LogP contribution in [0.1, 0.15) is 29.4 Å². The molecule has 0 unspecified atom stereocenters. The smallest absolute Gasteiger partial charge is 0.221 e. The van der Waals surface area contributed by atoms with E-state index < -0.39 is 0 Å². The molecule has 0 fully saturated rings. The first-order valence-electron chi connectivity index (χ1n) is 7.95. The van der Waals surface area contributed by atoms with E-state index in [4.69, 9.17) is 21.7 Å². The average molecular weight is 372 g/mol. The third-order valence-corrected chi connectivity index (χ3v) is 5.80. The van der Waals surface area contributed by atoms with Crippen LogP contribution in [0.4, 0.5) is 0 Å². The zero-order valence-corrected chi connectivity index (χ0v) is 14.9. The van der Waals surface area contributed by atoms with Crippen molar-refractivity contribution in [1.29, 1.82) is 0 Å². The molecule has 5 rings (SSSR count). The molecule has 25 heavy (non-hydrogen) atoms. The Kier molecular flexibility index (Phi) is 3.17. The molecule has 4 heterocycles. The van der Waals surface area contributed by atoms with Gasteiger partial charge in [0, 0.05) is 30.4 Å². The molecule has 1 amide bonds. The van der Waals surface area contributed by atoms with E-state index in [1.54, 1.807) is 11.3 Å². The molecule has 0 aliphatic carbocycles. The van der Waals surface area contributed by atoms with Crippen molar-refractivity contribution in [2.75, 3.05) is 0 Å². The summed E-state index contributed by atoms with van der Waals surface area (Å²) in [4.78, 5) is 17.9. The second-order valence-electron chi connectivity index (χ2n) is 6.18. The number of aromatic nitrogens is 4. The molecular weight excluding hydrogens is 358 g/mol. The van der Waals surface area contributed by atoms with Gasteiger partial charge in [-0.05, 0) is 12.1 Å². The maximum Gasteiger partial charge on any atom is 0.221 e. The minimum Gasteiger partial charge on any atom is -0.350 e. The Labute approximate surface area is 152 Å². The fourth-order valence-electron chi connectivity index (χ4n) is 3.66. The summed E-state index contributed by atoms with van der Waals surface area (Å²) in [7, 11) is 1.90. The number of carbonyl (C=O) groups is 1. The van der Waals surface area contributed by atoms with Crippen molar-refractivity contribution in [3.63, 3.8) is 0 Å². The molecule has 6 nitrogen and oxygen atoms in total. The standard InChI is InChI=1S/C17H14ClN5OS/c1-22-12-4-2-3-10(18)14(12)15(21-22)9-7-13(24)19-8-11-16(9)23-5-6-25-17(23)20-11/h2-6,9H,7-8H2,1H3,(H,19,24)/t9-/m1/s1. The van der Waals surface area contributed by atoms with E-state index in [-0.39, 0.29) is 11.8 Å². The van der Waals surface area contributed by atoms with Crippen LogP contribution in [-0.2, 0) is 18.4 Å². The number of thiazole rings is 1. The molecular formula is C17H14ClN5OS. The lowest BCUT2D eigenvalue weighted by Crippen LogP contribution is -2.21. The summed E-state index contributed by atoms with van der Waals surface area (Å²) < 4.78 is 3.90. The van der Waals surface area contributed by atoms with Crippen molar-refractivity contribution in [2.24, 2.45) is 7.05 Å². The highest BCUT2D eigenvalue weighted by atomic mass is 35.5. The highest BCUT2D eigenvalue weighted by Crippen LogP contribution is 2.38. The van der Waals surface area contributed by atoms with Crippen molar-refractivity contribution in [1.82, 2.24) is 24.5 Å². The second-order valence-corrected chi connectivity index (χ2v) is 7.46. The van der Waals surface area contributed by atoms with Gasteiger partial charge in [0.05, 0.1) is 40.1 Å². The van der Waals surface area contributed by atoms with Gasteiger partial charge in [0.1, 0.15) is 0 Å². The highest BCUT2D eigenvalue weighted by Gasteiger charge is 2.32. The quantitative estimate of drug-likeness (QED) is 0.559. The Morgan fingerprint density at radius 1 is 1.40 bits per heavy atom. The third kappa shape index (κ3) is 2.12. The first kappa shape index (κ1) is 14.9. The van der Waals surface area contributed by atoms with Gasteiger partial charge in [0.25, 0.3) is 0 Å². The first-order chi connectivity index (χ1) is 12.1. The summed E-state index contributed by atoms with van der Waals surface area (Å²) >= 11 is 8.08. The maximum atomic E-state index is 12.3. The molecule has 8 heteroatoms. The Morgan fingerprint density at radius 3 is 3.16 bits per heavy atom. The van der Waals surface area contributed by atoms with Gasteiger partial charge in [-0.1, -0.05) is 17.7 Å². The monoisotopic (exact) mass is 371 g/mol. The number of carbonyl (C=O) groups excluding carboxylic acids is 1. The van der Waals surface area contributed by atoms with Crippen molar-refractivity contribution < 1.29 is 4.79 Å². The number of rotatable bonds is 1. The number of nitrogens with one attached hydrogen (secondary N) is 1. The summed E-state index contributed by atoms with van der Waals surface area (Å²) in [5.74, 6) is -0.191. The van der Waals surface area contributed by atoms with Crippen molar-refractivity contribution in [2.45, 2.75) is 18.9 Å². The van der Waals surface area contributed by atoms with Gasteiger partial charge in [-0.3, -0.25) is 13.9 Å². The zero-order chi connectivity index (χ0) is 17.1. The van der Waals surface area contributed by atoms with E-state index in [2.05, 4.69) is 9.72 Å². The maximum absolute atomic E-state index is 12.3. The summed E-state index contributed by atoms with van der Waals surface area (Å²) in [6.45, 7) is 0.442. The number of halogens is 1. The number of benzene rings is 1. The molecule has 3 aromatic heterocycles. The van der Waals surface area contributed by atoms with Crippen LogP contribution >= 0.6 is 22.9 Å². The molecule has 1 aliphatic rings. The number of aryl methyl sites for hydroxylation is 1. The highest BCUT2D eigenvalue weighted by molar-refractivity contribution is 7.15. The summed E-state index contributed by atoms with van der Waals surface area (Å²) in [6.07, 6.45) is 2.33. The lowest BCUT2D eigenvalue weighted by molar-refractivity contribution is -0.121. The van der Waals surface area contributed by atoms with Crippen LogP contribution in [0.5, 0.6) is 0 Å². The number of amides is 1. The predicted octanol–water partition coefficient (Wildman–Crippen LogP) is 3.09. The number of hydrogen-bond acceptors (Lipinski definition) is 4. The van der Waals surface area contributed by atoms with E-state index in [0.717, 1.165) is 32.9 Å². The van der Waals surface area contributed by atoms with Crippen LogP contribution in [0.3, 0.4) is 0 Å². The van der Waals surface area contributed by atoms with Crippen LogP contribution < -0.4 is 5.32 Å². The van der Waals surface area contributed by atoms with Gasteiger partial charge in [-0.15, -0.1) is 11.3 Å². The number of hydrogen-bond donors (Lipinski definition) is 1. The largest absolute Gasteiger partial charge is 0.350 e. The van der Waals surface area contributed by atoms with Crippen LogP contribution in [0.15, 0.2) is 29.8 Å². The van der Waals surface area contributed by atoms with Gasteiger partial charge in [0.2, 0.25) is 5.91 Å². The van der Waals surface area contributed by atoms with Gasteiger partial charge in [-0.25, -0.2) is 4.98 Å². The Balaban J connectivity index is 1.83. The molecule has 1 aliphatic heterocycles. The van der Waals surface area contributed by atoms with Gasteiger partial charge >= 0.3 is 0 Å². The molecule has 126 valence electrons. The summed E-state index contributed by atoms with van der Waals surface area (Å²) in [5, 5.41) is 11.2. The minimum atomic E-state index is -0.189. The van der Waals surface area contributed by atoms with Gasteiger partial charge in [0.15, 0.2) is 4.96 Å². The van der Waals surface area contributed by atoms with Gasteiger partial charge < -0.3 is 5.32 Å². The minimum absolute atomic E-state index is 0.00200. The summed E-state index contributed by atoms with van der Waals surface area (Å²) in [5.41, 5.74) is 3.71. The number of nitrogens with zero attached hydrogens (tertiary/aromatic N) is 4. The molecule has 1 atom stereocenters. The number of fused-ring (bicyclic) bond motifs is 4.